The summed E-state index contributed by atoms with van der Waals surface area (Å²) in [6, 6.07) is 10.7. The van der Waals surface area contributed by atoms with Crippen LogP contribution in [0.3, 0.4) is 0 Å². The van der Waals surface area contributed by atoms with Crippen molar-refractivity contribution < 1.29 is 14.3 Å². The molecule has 0 aliphatic carbocycles. The standard InChI is InChI=1S/C15H12O4/c1-18-12-3-2-9-5-13-11(8-16)7-15(17)19-14(13)6-10(9)4-12/h2-7,16H,8H2,1H3. The Bertz CT molecular complexity index is 817. The highest BCUT2D eigenvalue weighted by atomic mass is 16.5. The van der Waals surface area contributed by atoms with Gasteiger partial charge in [-0.15, -0.1) is 0 Å². The van der Waals surface area contributed by atoms with Crippen LogP contribution in [0.4, 0.5) is 0 Å². The molecule has 96 valence electrons. The second kappa shape index (κ2) is 4.40. The number of hydrogen-bond acceptors (Lipinski definition) is 4. The van der Waals surface area contributed by atoms with Gasteiger partial charge in [-0.3, -0.25) is 0 Å². The summed E-state index contributed by atoms with van der Waals surface area (Å²) >= 11 is 0. The van der Waals surface area contributed by atoms with Gasteiger partial charge in [0.25, 0.3) is 0 Å². The van der Waals surface area contributed by atoms with Crippen molar-refractivity contribution in [2.45, 2.75) is 6.61 Å². The van der Waals surface area contributed by atoms with Crippen LogP contribution in [0.5, 0.6) is 5.75 Å². The third kappa shape index (κ3) is 1.96. The van der Waals surface area contributed by atoms with Crippen molar-refractivity contribution in [1.82, 2.24) is 0 Å². The fourth-order valence-electron chi connectivity index (χ4n) is 2.21. The van der Waals surface area contributed by atoms with Gasteiger partial charge < -0.3 is 14.3 Å². The Kier molecular flexibility index (Phi) is 2.72. The predicted molar refractivity (Wildman–Crippen MR) is 72.5 cm³/mol. The van der Waals surface area contributed by atoms with E-state index < -0.39 is 5.63 Å². The molecule has 2 aromatic carbocycles. The molecule has 0 aliphatic heterocycles. The van der Waals surface area contributed by atoms with Crippen molar-refractivity contribution in [3.8, 4) is 5.75 Å². The molecule has 1 heterocycles. The zero-order valence-electron chi connectivity index (χ0n) is 10.3. The molecule has 0 bridgehead atoms. The maximum atomic E-state index is 11.4. The minimum absolute atomic E-state index is 0.191. The summed E-state index contributed by atoms with van der Waals surface area (Å²) in [5, 5.41) is 12.0. The van der Waals surface area contributed by atoms with E-state index in [1.54, 1.807) is 13.2 Å². The average Bonchev–Trinajstić information content (AvgIpc) is 2.43. The molecule has 4 heteroatoms. The summed E-state index contributed by atoms with van der Waals surface area (Å²) in [5.41, 5.74) is 0.583. The highest BCUT2D eigenvalue weighted by Gasteiger charge is 2.07. The molecule has 0 radical (unpaired) electrons. The van der Waals surface area contributed by atoms with Gasteiger partial charge in [-0.1, -0.05) is 6.07 Å². The third-order valence-electron chi connectivity index (χ3n) is 3.16. The lowest BCUT2D eigenvalue weighted by Gasteiger charge is -2.06. The molecule has 0 atom stereocenters. The molecular formula is C15H12O4. The maximum Gasteiger partial charge on any atom is 0.336 e. The second-order valence-corrected chi connectivity index (χ2v) is 4.31. The molecule has 1 N–H and O–H groups in total. The highest BCUT2D eigenvalue weighted by molar-refractivity contribution is 5.97. The molecular weight excluding hydrogens is 244 g/mol. The van der Waals surface area contributed by atoms with Gasteiger partial charge in [0.2, 0.25) is 0 Å². The van der Waals surface area contributed by atoms with Crippen LogP contribution in [0.15, 0.2) is 45.6 Å². The Balaban J connectivity index is 2.40. The molecule has 0 saturated heterocycles. The molecule has 4 nitrogen and oxygen atoms in total. The summed E-state index contributed by atoms with van der Waals surface area (Å²) in [7, 11) is 1.60. The summed E-state index contributed by atoms with van der Waals surface area (Å²) in [6.45, 7) is -0.191. The van der Waals surface area contributed by atoms with Crippen molar-refractivity contribution in [2.24, 2.45) is 0 Å². The van der Waals surface area contributed by atoms with E-state index in [-0.39, 0.29) is 6.61 Å². The monoisotopic (exact) mass is 256 g/mol. The lowest BCUT2D eigenvalue weighted by Crippen LogP contribution is -2.00. The largest absolute Gasteiger partial charge is 0.497 e. The van der Waals surface area contributed by atoms with E-state index in [0.717, 1.165) is 21.9 Å². The molecule has 0 amide bonds. The Morgan fingerprint density at radius 2 is 2.00 bits per heavy atom. The topological polar surface area (TPSA) is 59.7 Å². The molecule has 3 aromatic rings. The minimum Gasteiger partial charge on any atom is -0.497 e. The maximum absolute atomic E-state index is 11.4. The van der Waals surface area contributed by atoms with E-state index >= 15 is 0 Å². The highest BCUT2D eigenvalue weighted by Crippen LogP contribution is 2.27. The minimum atomic E-state index is -0.459. The first kappa shape index (κ1) is 11.7. The van der Waals surface area contributed by atoms with Crippen molar-refractivity contribution in [3.63, 3.8) is 0 Å². The Morgan fingerprint density at radius 1 is 1.16 bits per heavy atom. The molecule has 0 aliphatic rings. The van der Waals surface area contributed by atoms with Crippen molar-refractivity contribution >= 4 is 21.7 Å². The van der Waals surface area contributed by atoms with E-state index in [2.05, 4.69) is 0 Å². The van der Waals surface area contributed by atoms with Crippen molar-refractivity contribution in [3.05, 3.63) is 52.4 Å². The van der Waals surface area contributed by atoms with Crippen LogP contribution >= 0.6 is 0 Å². The van der Waals surface area contributed by atoms with Crippen LogP contribution in [0.2, 0.25) is 0 Å². The van der Waals surface area contributed by atoms with Crippen LogP contribution in [0.1, 0.15) is 5.56 Å². The zero-order chi connectivity index (χ0) is 13.4. The smallest absolute Gasteiger partial charge is 0.336 e. The number of fused-ring (bicyclic) bond motifs is 2. The number of ether oxygens (including phenoxy) is 1. The Morgan fingerprint density at radius 3 is 2.74 bits per heavy atom. The predicted octanol–water partition coefficient (Wildman–Crippen LogP) is 2.45. The molecule has 19 heavy (non-hydrogen) atoms. The number of aliphatic hydroxyl groups excluding tert-OH is 1. The number of benzene rings is 2. The summed E-state index contributed by atoms with van der Waals surface area (Å²) < 4.78 is 10.3. The van der Waals surface area contributed by atoms with Gasteiger partial charge in [-0.05, 0) is 40.6 Å². The first-order chi connectivity index (χ1) is 9.21. The second-order valence-electron chi connectivity index (χ2n) is 4.31. The fraction of sp³-hybridized carbons (Fsp3) is 0.133. The molecule has 0 fully saturated rings. The Labute approximate surface area is 108 Å². The summed E-state index contributed by atoms with van der Waals surface area (Å²) in [4.78, 5) is 11.4. The molecule has 3 rings (SSSR count). The average molecular weight is 256 g/mol. The number of rotatable bonds is 2. The van der Waals surface area contributed by atoms with Gasteiger partial charge in [-0.2, -0.15) is 0 Å². The van der Waals surface area contributed by atoms with E-state index in [1.165, 1.54) is 6.07 Å². The fourth-order valence-corrected chi connectivity index (χ4v) is 2.21. The van der Waals surface area contributed by atoms with Crippen molar-refractivity contribution in [2.75, 3.05) is 7.11 Å². The van der Waals surface area contributed by atoms with Crippen LogP contribution in [-0.2, 0) is 6.61 Å². The zero-order valence-corrected chi connectivity index (χ0v) is 10.3. The van der Waals surface area contributed by atoms with Crippen LogP contribution in [0.25, 0.3) is 21.7 Å². The first-order valence-electron chi connectivity index (χ1n) is 5.86. The number of aliphatic hydroxyl groups is 1. The molecule has 0 unspecified atom stereocenters. The van der Waals surface area contributed by atoms with E-state index in [1.807, 2.05) is 24.3 Å². The van der Waals surface area contributed by atoms with Gasteiger partial charge in [-0.25, -0.2) is 4.79 Å². The normalized spacial score (nSPS) is 11.1. The number of hydrogen-bond donors (Lipinski definition) is 1. The van der Waals surface area contributed by atoms with Crippen LogP contribution in [0, 0.1) is 0 Å². The van der Waals surface area contributed by atoms with Gasteiger partial charge >= 0.3 is 5.63 Å². The lowest BCUT2D eigenvalue weighted by atomic mass is 10.0. The summed E-state index contributed by atoms with van der Waals surface area (Å²) in [5.74, 6) is 0.743. The third-order valence-corrected chi connectivity index (χ3v) is 3.16. The Hall–Kier alpha value is -2.33. The molecule has 0 saturated carbocycles. The lowest BCUT2D eigenvalue weighted by molar-refractivity contribution is 0.282. The quantitative estimate of drug-likeness (QED) is 0.565. The van der Waals surface area contributed by atoms with Crippen LogP contribution in [-0.4, -0.2) is 12.2 Å². The SMILES string of the molecule is COc1ccc2cc3c(CO)cc(=O)oc3cc2c1. The van der Waals surface area contributed by atoms with Gasteiger partial charge in [0, 0.05) is 11.5 Å². The van der Waals surface area contributed by atoms with E-state index in [4.69, 9.17) is 9.15 Å². The van der Waals surface area contributed by atoms with Gasteiger partial charge in [0.1, 0.15) is 11.3 Å². The number of methoxy groups -OCH3 is 1. The van der Waals surface area contributed by atoms with Gasteiger partial charge in [0.15, 0.2) is 0 Å². The van der Waals surface area contributed by atoms with Gasteiger partial charge in [0.05, 0.1) is 13.7 Å². The van der Waals surface area contributed by atoms with E-state index in [9.17, 15) is 9.90 Å². The molecule has 0 spiro atoms. The summed E-state index contributed by atoms with van der Waals surface area (Å²) in [6.07, 6.45) is 0. The van der Waals surface area contributed by atoms with Crippen LogP contribution < -0.4 is 10.4 Å². The van der Waals surface area contributed by atoms with Crippen molar-refractivity contribution in [1.29, 1.82) is 0 Å². The molecule has 1 aromatic heterocycles. The van der Waals surface area contributed by atoms with E-state index in [0.29, 0.717) is 11.1 Å². The first-order valence-corrected chi connectivity index (χ1v) is 5.86.